The third-order valence-electron chi connectivity index (χ3n) is 2.67. The number of nitrogens with zero attached hydrogens (tertiary/aromatic N) is 1. The molecule has 0 aromatic heterocycles. The number of hydrogen-bond donors (Lipinski definition) is 2. The molecule has 2 aromatic rings. The average molecular weight is 333 g/mol. The first-order chi connectivity index (χ1) is 9.53. The second-order valence-corrected chi connectivity index (χ2v) is 6.72. The largest absolute Gasteiger partial charge is 0.302 e. The summed E-state index contributed by atoms with van der Waals surface area (Å²) in [5.74, 6) is 0. The van der Waals surface area contributed by atoms with Crippen molar-refractivity contribution in [1.82, 2.24) is 0 Å². The Morgan fingerprint density at radius 3 is 1.90 bits per heavy atom. The Morgan fingerprint density at radius 1 is 0.952 bits per heavy atom. The molecule has 0 atom stereocenters. The van der Waals surface area contributed by atoms with E-state index in [1.54, 1.807) is 0 Å². The lowest BCUT2D eigenvalue weighted by Crippen LogP contribution is -2.08. The highest BCUT2D eigenvalue weighted by Gasteiger charge is 2.31. The lowest BCUT2D eigenvalue weighted by atomic mass is 10.1. The molecule has 0 unspecified atom stereocenters. The van der Waals surface area contributed by atoms with Crippen molar-refractivity contribution >= 4 is 36.7 Å². The van der Waals surface area contributed by atoms with E-state index >= 15 is 0 Å². The summed E-state index contributed by atoms with van der Waals surface area (Å²) in [6.45, 7) is 0. The van der Waals surface area contributed by atoms with Crippen molar-refractivity contribution in [2.45, 2.75) is 9.79 Å². The van der Waals surface area contributed by atoms with Gasteiger partial charge in [0.25, 0.3) is 15.8 Å². The molecule has 112 valence electrons. The van der Waals surface area contributed by atoms with Gasteiger partial charge in [-0.15, -0.1) is 0 Å². The molecule has 0 aliphatic heterocycles. The zero-order chi connectivity index (χ0) is 16.0. The lowest BCUT2D eigenvalue weighted by Gasteiger charge is -2.08. The molecule has 0 aliphatic carbocycles. The summed E-state index contributed by atoms with van der Waals surface area (Å²) in [6, 6.07) is 5.27. The van der Waals surface area contributed by atoms with E-state index in [-0.39, 0.29) is 10.8 Å². The second-order valence-electron chi connectivity index (χ2n) is 3.98. The molecular weight excluding hydrogens is 326 g/mol. The molecule has 0 radical (unpaired) electrons. The monoisotopic (exact) mass is 333 g/mol. The normalized spacial score (nSPS) is 12.5. The summed E-state index contributed by atoms with van der Waals surface area (Å²) in [5.41, 5.74) is -1.15. The minimum Gasteiger partial charge on any atom is -0.282 e. The van der Waals surface area contributed by atoms with Gasteiger partial charge in [-0.1, -0.05) is 24.3 Å². The van der Waals surface area contributed by atoms with Crippen molar-refractivity contribution in [3.05, 3.63) is 40.4 Å². The van der Waals surface area contributed by atoms with Crippen LogP contribution in [-0.2, 0) is 20.2 Å². The van der Waals surface area contributed by atoms with Gasteiger partial charge in [0.2, 0.25) is 0 Å². The van der Waals surface area contributed by atoms with Gasteiger partial charge in [0.15, 0.2) is 4.90 Å². The minimum atomic E-state index is -4.99. The molecule has 0 heterocycles. The number of rotatable bonds is 3. The Hall–Kier alpha value is -2.08. The Balaban J connectivity index is 3.19. The van der Waals surface area contributed by atoms with Crippen LogP contribution in [-0.4, -0.2) is 30.9 Å². The van der Waals surface area contributed by atoms with Crippen LogP contribution in [0.2, 0.25) is 0 Å². The summed E-state index contributed by atoms with van der Waals surface area (Å²) in [6.07, 6.45) is 0. The van der Waals surface area contributed by atoms with E-state index in [1.807, 2.05) is 0 Å². The van der Waals surface area contributed by atoms with Crippen LogP contribution in [0.25, 0.3) is 10.8 Å². The number of benzene rings is 2. The first-order valence-corrected chi connectivity index (χ1v) is 8.06. The highest BCUT2D eigenvalue weighted by Crippen LogP contribution is 2.36. The van der Waals surface area contributed by atoms with Gasteiger partial charge in [-0.05, 0) is 0 Å². The zero-order valence-corrected chi connectivity index (χ0v) is 11.6. The van der Waals surface area contributed by atoms with Crippen molar-refractivity contribution in [3.63, 3.8) is 0 Å². The van der Waals surface area contributed by atoms with Gasteiger partial charge in [-0.3, -0.25) is 19.2 Å². The number of hydrogen-bond acceptors (Lipinski definition) is 6. The van der Waals surface area contributed by atoms with Gasteiger partial charge in [0.05, 0.1) is 4.92 Å². The quantitative estimate of drug-likeness (QED) is 0.483. The molecule has 0 amide bonds. The van der Waals surface area contributed by atoms with Crippen molar-refractivity contribution in [2.24, 2.45) is 0 Å². The molecule has 0 saturated carbocycles. The second kappa shape index (κ2) is 4.73. The molecule has 0 saturated heterocycles. The SMILES string of the molecule is O=[N+]([O-])c1cc(S(=O)(=O)O)c2ccccc2c1S(=O)(=O)O. The van der Waals surface area contributed by atoms with Crippen molar-refractivity contribution < 1.29 is 30.9 Å². The maximum atomic E-state index is 11.4. The summed E-state index contributed by atoms with van der Waals surface area (Å²) in [5, 5.41) is 10.3. The molecule has 21 heavy (non-hydrogen) atoms. The molecule has 2 rings (SSSR count). The molecule has 9 nitrogen and oxygen atoms in total. The van der Waals surface area contributed by atoms with E-state index in [0.717, 1.165) is 12.1 Å². The standard InChI is InChI=1S/C10H7NO8S2/c12-11(13)8-5-9(20(14,15)16)6-3-1-2-4-7(6)10(8)21(17,18)19/h1-5H,(H,14,15,16)(H,17,18,19). The van der Waals surface area contributed by atoms with Gasteiger partial charge < -0.3 is 0 Å². The molecular formula is C10H7NO8S2. The van der Waals surface area contributed by atoms with Crippen molar-refractivity contribution in [1.29, 1.82) is 0 Å². The van der Waals surface area contributed by atoms with Crippen LogP contribution in [0.5, 0.6) is 0 Å². The van der Waals surface area contributed by atoms with E-state index < -0.39 is 40.6 Å². The Labute approximate surface area is 118 Å². The smallest absolute Gasteiger partial charge is 0.282 e. The summed E-state index contributed by atoms with van der Waals surface area (Å²) in [7, 11) is -9.81. The predicted octanol–water partition coefficient (Wildman–Crippen LogP) is 1.24. The van der Waals surface area contributed by atoms with Crippen LogP contribution in [0.1, 0.15) is 0 Å². The average Bonchev–Trinajstić information content (AvgIpc) is 2.34. The fraction of sp³-hybridized carbons (Fsp3) is 0. The number of nitro groups is 1. The topological polar surface area (TPSA) is 152 Å². The lowest BCUT2D eigenvalue weighted by molar-refractivity contribution is -0.387. The van der Waals surface area contributed by atoms with E-state index in [2.05, 4.69) is 0 Å². The van der Waals surface area contributed by atoms with Gasteiger partial charge in [-0.25, -0.2) is 0 Å². The van der Waals surface area contributed by atoms with Crippen LogP contribution >= 0.6 is 0 Å². The number of fused-ring (bicyclic) bond motifs is 1. The highest BCUT2D eigenvalue weighted by molar-refractivity contribution is 7.86. The van der Waals surface area contributed by atoms with E-state index in [1.165, 1.54) is 12.1 Å². The van der Waals surface area contributed by atoms with Crippen molar-refractivity contribution in [3.8, 4) is 0 Å². The summed E-state index contributed by atoms with van der Waals surface area (Å²) < 4.78 is 63.6. The first kappa shape index (κ1) is 15.3. The predicted molar refractivity (Wildman–Crippen MR) is 70.2 cm³/mol. The van der Waals surface area contributed by atoms with E-state index in [9.17, 15) is 26.9 Å². The molecule has 2 aromatic carbocycles. The van der Waals surface area contributed by atoms with E-state index in [4.69, 9.17) is 9.11 Å². The highest BCUT2D eigenvalue weighted by atomic mass is 32.2. The fourth-order valence-electron chi connectivity index (χ4n) is 1.92. The van der Waals surface area contributed by atoms with Gasteiger partial charge in [0, 0.05) is 16.8 Å². The molecule has 0 fully saturated rings. The zero-order valence-electron chi connectivity index (χ0n) is 9.99. The van der Waals surface area contributed by atoms with Crippen LogP contribution in [0.4, 0.5) is 5.69 Å². The Kier molecular flexibility index (Phi) is 3.45. The van der Waals surface area contributed by atoms with Crippen LogP contribution in [0, 0.1) is 10.1 Å². The molecule has 2 N–H and O–H groups in total. The third kappa shape index (κ3) is 2.71. The number of nitro benzene ring substituents is 1. The Morgan fingerprint density at radius 2 is 1.48 bits per heavy atom. The van der Waals surface area contributed by atoms with E-state index in [0.29, 0.717) is 6.07 Å². The Bertz CT molecular complexity index is 962. The minimum absolute atomic E-state index is 0.266. The molecule has 11 heteroatoms. The third-order valence-corrected chi connectivity index (χ3v) is 4.51. The maximum Gasteiger partial charge on any atom is 0.302 e. The van der Waals surface area contributed by atoms with Gasteiger partial charge in [-0.2, -0.15) is 16.8 Å². The summed E-state index contributed by atoms with van der Waals surface area (Å²) in [4.78, 5) is 7.93. The molecule has 0 spiro atoms. The maximum absolute atomic E-state index is 11.4. The van der Waals surface area contributed by atoms with Crippen LogP contribution in [0.15, 0.2) is 40.1 Å². The first-order valence-electron chi connectivity index (χ1n) is 5.18. The van der Waals surface area contributed by atoms with Crippen molar-refractivity contribution in [2.75, 3.05) is 0 Å². The summed E-state index contributed by atoms with van der Waals surface area (Å²) >= 11 is 0. The molecule has 0 aliphatic rings. The van der Waals surface area contributed by atoms with Gasteiger partial charge >= 0.3 is 10.1 Å². The van der Waals surface area contributed by atoms with Crippen LogP contribution < -0.4 is 0 Å². The molecule has 0 bridgehead atoms. The van der Waals surface area contributed by atoms with Crippen LogP contribution in [0.3, 0.4) is 0 Å². The fourth-order valence-corrected chi connectivity index (χ4v) is 3.49. The van der Waals surface area contributed by atoms with Gasteiger partial charge in [0.1, 0.15) is 4.90 Å².